The van der Waals surface area contributed by atoms with Gasteiger partial charge in [-0.05, 0) is 97.8 Å². The van der Waals surface area contributed by atoms with Gasteiger partial charge in [0.25, 0.3) is 19.1 Å². The van der Waals surface area contributed by atoms with Crippen molar-refractivity contribution >= 4 is 96.2 Å². The summed E-state index contributed by atoms with van der Waals surface area (Å²) in [5.74, 6) is 0. The molecule has 13 heteroatoms. The first-order valence-corrected chi connectivity index (χ1v) is 17.0. The number of rotatable bonds is 4. The van der Waals surface area contributed by atoms with Crippen molar-refractivity contribution in [3.8, 4) is 0 Å². The van der Waals surface area contributed by atoms with Crippen molar-refractivity contribution in [3.05, 3.63) is 115 Å². The number of nitrogens with two attached hydrogens (primary N) is 1. The normalized spacial score (nSPS) is 10.9. The molecule has 0 bridgehead atoms. The number of benzene rings is 4. The highest BCUT2D eigenvalue weighted by Gasteiger charge is 2.14. The van der Waals surface area contributed by atoms with Crippen molar-refractivity contribution in [3.63, 3.8) is 0 Å². The second-order valence-corrected chi connectivity index (χ2v) is 14.8. The number of sulfonamides is 1. The van der Waals surface area contributed by atoms with Gasteiger partial charge in [-0.1, -0.05) is 67.2 Å². The lowest BCUT2D eigenvalue weighted by molar-refractivity contribution is 0.601. The number of halogens is 5. The molecule has 4 rings (SSSR count). The van der Waals surface area contributed by atoms with Gasteiger partial charge in [-0.25, -0.2) is 16.8 Å². The average Bonchev–Trinajstić information content (AvgIpc) is 2.84. The number of hydrogen-bond acceptors (Lipinski definition) is 5. The summed E-state index contributed by atoms with van der Waals surface area (Å²) < 4.78 is 49.8. The predicted molar refractivity (Wildman–Crippen MR) is 169 cm³/mol. The van der Waals surface area contributed by atoms with Gasteiger partial charge in [-0.15, -0.1) is 0 Å². The molecule has 0 aromatic heterocycles. The lowest BCUT2D eigenvalue weighted by Crippen LogP contribution is -2.12. The Morgan fingerprint density at radius 3 is 1.62 bits per heavy atom. The van der Waals surface area contributed by atoms with Gasteiger partial charge in [0.05, 0.1) is 9.79 Å². The summed E-state index contributed by atoms with van der Waals surface area (Å²) >= 11 is 18.0. The fourth-order valence-corrected chi connectivity index (χ4v) is 6.07. The largest absolute Gasteiger partial charge is 0.399 e. The molecule has 0 fully saturated rings. The standard InChI is InChI=1S/C13H11BrClNO2S.C7H8ClN.C6H4BrClO2S/c1-9-7-11(5-6-13(9)15)16-19(17,18)12-4-2-3-10(14)8-12;1-5-4-6(9)2-3-7(5)8;7-5-2-1-3-6(4-5)11(8,9)10/h2-8,16H,1H3;2-4H,9H2,1H3;1-4H. The molecule has 0 spiro atoms. The van der Waals surface area contributed by atoms with E-state index in [1.165, 1.54) is 18.2 Å². The van der Waals surface area contributed by atoms with Crippen LogP contribution in [-0.2, 0) is 19.1 Å². The smallest absolute Gasteiger partial charge is 0.261 e. The van der Waals surface area contributed by atoms with Gasteiger partial charge in [-0.2, -0.15) is 0 Å². The molecule has 4 aromatic carbocycles. The molecule has 0 unspecified atom stereocenters. The van der Waals surface area contributed by atoms with E-state index in [1.807, 2.05) is 19.9 Å². The van der Waals surface area contributed by atoms with E-state index in [1.54, 1.807) is 60.7 Å². The van der Waals surface area contributed by atoms with Crippen LogP contribution in [0, 0.1) is 13.8 Å². The lowest BCUT2D eigenvalue weighted by Gasteiger charge is -2.09. The average molecular weight is 758 g/mol. The molecule has 39 heavy (non-hydrogen) atoms. The Morgan fingerprint density at radius 2 is 1.18 bits per heavy atom. The highest BCUT2D eigenvalue weighted by atomic mass is 79.9. The first-order valence-electron chi connectivity index (χ1n) is 10.8. The van der Waals surface area contributed by atoms with Crippen LogP contribution in [0.2, 0.25) is 10.0 Å². The van der Waals surface area contributed by atoms with Crippen LogP contribution in [0.4, 0.5) is 11.4 Å². The maximum atomic E-state index is 12.2. The zero-order chi connectivity index (χ0) is 29.4. The summed E-state index contributed by atoms with van der Waals surface area (Å²) in [7, 11) is -2.09. The minimum absolute atomic E-state index is 0.105. The Hall–Kier alpha value is -1.79. The molecule has 0 aliphatic heterocycles. The van der Waals surface area contributed by atoms with Crippen molar-refractivity contribution in [2.75, 3.05) is 10.5 Å². The van der Waals surface area contributed by atoms with E-state index in [0.29, 0.717) is 19.7 Å². The number of nitrogens with one attached hydrogen (secondary N) is 1. The van der Waals surface area contributed by atoms with Gasteiger partial charge in [0, 0.05) is 41.0 Å². The number of nitrogen functional groups attached to an aromatic ring is 1. The van der Waals surface area contributed by atoms with Crippen molar-refractivity contribution in [2.24, 2.45) is 0 Å². The molecule has 0 radical (unpaired) electrons. The monoisotopic (exact) mass is 754 g/mol. The molecule has 0 amide bonds. The molecule has 4 aromatic rings. The van der Waals surface area contributed by atoms with Crippen molar-refractivity contribution in [1.29, 1.82) is 0 Å². The first-order chi connectivity index (χ1) is 18.1. The van der Waals surface area contributed by atoms with Crippen LogP contribution in [0.15, 0.2) is 104 Å². The SMILES string of the molecule is Cc1cc(N)ccc1Cl.Cc1cc(NS(=O)(=O)c2cccc(Br)c2)ccc1Cl.O=S(=O)(Cl)c1cccc(Br)c1. The maximum Gasteiger partial charge on any atom is 0.261 e. The summed E-state index contributed by atoms with van der Waals surface area (Å²) in [6, 6.07) is 23.2. The Balaban J connectivity index is 0.000000226. The van der Waals surface area contributed by atoms with Gasteiger partial charge in [-0.3, -0.25) is 4.72 Å². The summed E-state index contributed by atoms with van der Waals surface area (Å²) in [5, 5.41) is 1.37. The van der Waals surface area contributed by atoms with Crippen LogP contribution >= 0.6 is 65.7 Å². The zero-order valence-electron chi connectivity index (χ0n) is 20.5. The fraction of sp³-hybridized carbons (Fsp3) is 0.0769. The molecule has 0 heterocycles. The van der Waals surface area contributed by atoms with Crippen molar-refractivity contribution in [2.45, 2.75) is 23.6 Å². The van der Waals surface area contributed by atoms with Crippen LogP contribution in [0.1, 0.15) is 11.1 Å². The van der Waals surface area contributed by atoms with Crippen molar-refractivity contribution in [1.82, 2.24) is 0 Å². The van der Waals surface area contributed by atoms with Gasteiger partial charge in [0.15, 0.2) is 0 Å². The van der Waals surface area contributed by atoms with Crippen LogP contribution < -0.4 is 10.5 Å². The van der Waals surface area contributed by atoms with Crippen LogP contribution in [0.25, 0.3) is 0 Å². The van der Waals surface area contributed by atoms with Gasteiger partial charge in [0.2, 0.25) is 0 Å². The highest BCUT2D eigenvalue weighted by molar-refractivity contribution is 9.10. The number of hydrogen-bond donors (Lipinski definition) is 2. The predicted octanol–water partition coefficient (Wildman–Crippen LogP) is 8.82. The minimum atomic E-state index is -3.59. The quantitative estimate of drug-likeness (QED) is 0.160. The molecule has 0 saturated carbocycles. The fourth-order valence-electron chi connectivity index (χ4n) is 2.84. The molecule has 0 atom stereocenters. The molecule has 0 aliphatic carbocycles. The third kappa shape index (κ3) is 11.3. The van der Waals surface area contributed by atoms with E-state index in [0.717, 1.165) is 21.8 Å². The maximum absolute atomic E-state index is 12.2. The van der Waals surface area contributed by atoms with E-state index in [4.69, 9.17) is 39.6 Å². The van der Waals surface area contributed by atoms with Crippen LogP contribution in [-0.4, -0.2) is 16.8 Å². The minimum Gasteiger partial charge on any atom is -0.399 e. The molecular weight excluding hydrogens is 735 g/mol. The van der Waals surface area contributed by atoms with Gasteiger partial charge < -0.3 is 5.73 Å². The first kappa shape index (κ1) is 33.4. The zero-order valence-corrected chi connectivity index (χ0v) is 27.6. The Labute approximate surface area is 260 Å². The molecular formula is C26H23Br2Cl3N2O4S2. The van der Waals surface area contributed by atoms with Crippen LogP contribution in [0.3, 0.4) is 0 Å². The van der Waals surface area contributed by atoms with E-state index in [-0.39, 0.29) is 9.79 Å². The van der Waals surface area contributed by atoms with Gasteiger partial charge >= 0.3 is 0 Å². The molecule has 0 aliphatic rings. The molecule has 0 saturated heterocycles. The number of anilines is 2. The second-order valence-electron chi connectivity index (χ2n) is 7.93. The third-order valence-electron chi connectivity index (χ3n) is 4.78. The highest BCUT2D eigenvalue weighted by Crippen LogP contribution is 2.23. The third-order valence-corrected chi connectivity index (χ3v) is 9.34. The van der Waals surface area contributed by atoms with Crippen molar-refractivity contribution < 1.29 is 16.8 Å². The molecule has 208 valence electrons. The van der Waals surface area contributed by atoms with E-state index in [2.05, 4.69) is 36.6 Å². The van der Waals surface area contributed by atoms with Crippen LogP contribution in [0.5, 0.6) is 0 Å². The second kappa shape index (κ2) is 14.7. The number of aryl methyl sites for hydroxylation is 2. The summed E-state index contributed by atoms with van der Waals surface area (Å²) in [6.45, 7) is 3.75. The van der Waals surface area contributed by atoms with E-state index in [9.17, 15) is 16.8 Å². The summed E-state index contributed by atoms with van der Waals surface area (Å²) in [4.78, 5) is 0.308. The Bertz CT molecular complexity index is 1670. The molecule has 6 nitrogen and oxygen atoms in total. The topological polar surface area (TPSA) is 106 Å². The summed E-state index contributed by atoms with van der Waals surface area (Å²) in [5.41, 5.74) is 8.56. The summed E-state index contributed by atoms with van der Waals surface area (Å²) in [6.07, 6.45) is 0. The Morgan fingerprint density at radius 1 is 0.692 bits per heavy atom. The van der Waals surface area contributed by atoms with Gasteiger partial charge in [0.1, 0.15) is 0 Å². The molecule has 3 N–H and O–H groups in total. The Kier molecular flexibility index (Phi) is 12.6. The lowest BCUT2D eigenvalue weighted by atomic mass is 10.2. The van der Waals surface area contributed by atoms with E-state index < -0.39 is 19.1 Å². The van der Waals surface area contributed by atoms with E-state index >= 15 is 0 Å².